The standard InChI is InChI=1S/C22H27ClN4O/c1-24-9-11-25(12-10-24)20-5-7-21(8-6-20)26-13-15-27(16-14-26)22(28)18-3-2-4-19(23)17-18/h2-8,17H,9-16H2,1H3. The van der Waals surface area contributed by atoms with E-state index in [0.717, 1.165) is 52.4 Å². The molecule has 5 nitrogen and oxygen atoms in total. The van der Waals surface area contributed by atoms with Gasteiger partial charge in [-0.25, -0.2) is 0 Å². The lowest BCUT2D eigenvalue weighted by molar-refractivity contribution is 0.0747. The molecule has 28 heavy (non-hydrogen) atoms. The van der Waals surface area contributed by atoms with E-state index in [1.165, 1.54) is 11.4 Å². The van der Waals surface area contributed by atoms with E-state index in [4.69, 9.17) is 11.6 Å². The van der Waals surface area contributed by atoms with E-state index >= 15 is 0 Å². The lowest BCUT2D eigenvalue weighted by Gasteiger charge is -2.37. The molecule has 0 unspecified atom stereocenters. The van der Waals surface area contributed by atoms with Crippen LogP contribution in [0.5, 0.6) is 0 Å². The summed E-state index contributed by atoms with van der Waals surface area (Å²) in [5.74, 6) is 0.0626. The van der Waals surface area contributed by atoms with Crippen molar-refractivity contribution in [3.05, 3.63) is 59.1 Å². The minimum Gasteiger partial charge on any atom is -0.369 e. The summed E-state index contributed by atoms with van der Waals surface area (Å²) in [6.07, 6.45) is 0. The van der Waals surface area contributed by atoms with Gasteiger partial charge in [-0.05, 0) is 49.5 Å². The summed E-state index contributed by atoms with van der Waals surface area (Å²) in [6, 6.07) is 16.1. The van der Waals surface area contributed by atoms with Gasteiger partial charge in [-0.3, -0.25) is 4.79 Å². The Morgan fingerprint density at radius 3 is 1.86 bits per heavy atom. The molecule has 4 rings (SSSR count). The number of hydrogen-bond acceptors (Lipinski definition) is 4. The lowest BCUT2D eigenvalue weighted by Crippen LogP contribution is -2.48. The van der Waals surface area contributed by atoms with Gasteiger partial charge in [-0.1, -0.05) is 17.7 Å². The summed E-state index contributed by atoms with van der Waals surface area (Å²) in [6.45, 7) is 7.55. The summed E-state index contributed by atoms with van der Waals surface area (Å²) in [7, 11) is 2.18. The number of amides is 1. The third-order valence-electron chi connectivity index (χ3n) is 5.72. The van der Waals surface area contributed by atoms with Gasteiger partial charge in [0.05, 0.1) is 0 Å². The van der Waals surface area contributed by atoms with Gasteiger partial charge < -0.3 is 19.6 Å². The topological polar surface area (TPSA) is 30.0 Å². The number of carbonyl (C=O) groups excluding carboxylic acids is 1. The van der Waals surface area contributed by atoms with E-state index in [9.17, 15) is 4.79 Å². The Morgan fingerprint density at radius 1 is 0.786 bits per heavy atom. The van der Waals surface area contributed by atoms with Crippen molar-refractivity contribution in [2.75, 3.05) is 69.2 Å². The van der Waals surface area contributed by atoms with Crippen molar-refractivity contribution < 1.29 is 4.79 Å². The third-order valence-corrected chi connectivity index (χ3v) is 5.96. The molecule has 1 amide bonds. The number of nitrogens with zero attached hydrogens (tertiary/aromatic N) is 4. The number of likely N-dealkylation sites (N-methyl/N-ethyl adjacent to an activating group) is 1. The zero-order valence-corrected chi connectivity index (χ0v) is 17.1. The molecular weight excluding hydrogens is 372 g/mol. The quantitative estimate of drug-likeness (QED) is 0.794. The monoisotopic (exact) mass is 398 g/mol. The Kier molecular flexibility index (Phi) is 5.74. The number of piperazine rings is 2. The lowest BCUT2D eigenvalue weighted by atomic mass is 10.1. The van der Waals surface area contributed by atoms with Gasteiger partial charge in [0.2, 0.25) is 0 Å². The highest BCUT2D eigenvalue weighted by molar-refractivity contribution is 6.30. The maximum atomic E-state index is 12.7. The highest BCUT2D eigenvalue weighted by Gasteiger charge is 2.23. The molecule has 2 fully saturated rings. The Hall–Kier alpha value is -2.24. The van der Waals surface area contributed by atoms with Gasteiger partial charge in [0.1, 0.15) is 0 Å². The van der Waals surface area contributed by atoms with Gasteiger partial charge in [0.25, 0.3) is 5.91 Å². The predicted octanol–water partition coefficient (Wildman–Crippen LogP) is 3.05. The van der Waals surface area contributed by atoms with Crippen LogP contribution < -0.4 is 9.80 Å². The molecule has 148 valence electrons. The zero-order valence-electron chi connectivity index (χ0n) is 16.4. The van der Waals surface area contributed by atoms with Crippen molar-refractivity contribution in [2.45, 2.75) is 0 Å². The molecule has 0 saturated carbocycles. The SMILES string of the molecule is CN1CCN(c2ccc(N3CCN(C(=O)c4cccc(Cl)c4)CC3)cc2)CC1. The third kappa shape index (κ3) is 4.26. The van der Waals surface area contributed by atoms with Crippen LogP contribution in [0.2, 0.25) is 5.02 Å². The fourth-order valence-electron chi connectivity index (χ4n) is 3.91. The molecule has 2 aliphatic heterocycles. The Labute approximate surface area is 172 Å². The molecule has 2 aromatic rings. The van der Waals surface area contributed by atoms with Crippen molar-refractivity contribution in [2.24, 2.45) is 0 Å². The van der Waals surface area contributed by atoms with Crippen LogP contribution in [-0.2, 0) is 0 Å². The van der Waals surface area contributed by atoms with E-state index in [0.29, 0.717) is 10.6 Å². The minimum atomic E-state index is 0.0626. The fraction of sp³-hybridized carbons (Fsp3) is 0.409. The first-order chi connectivity index (χ1) is 13.6. The maximum Gasteiger partial charge on any atom is 0.254 e. The van der Waals surface area contributed by atoms with Gasteiger partial charge >= 0.3 is 0 Å². The van der Waals surface area contributed by atoms with Crippen molar-refractivity contribution in [3.63, 3.8) is 0 Å². The van der Waals surface area contributed by atoms with Crippen molar-refractivity contribution in [1.82, 2.24) is 9.80 Å². The maximum absolute atomic E-state index is 12.7. The molecule has 2 aromatic carbocycles. The summed E-state index contributed by atoms with van der Waals surface area (Å²) in [5.41, 5.74) is 3.19. The van der Waals surface area contributed by atoms with Crippen molar-refractivity contribution in [3.8, 4) is 0 Å². The molecule has 0 N–H and O–H groups in total. The Morgan fingerprint density at radius 2 is 1.32 bits per heavy atom. The molecule has 0 aliphatic carbocycles. The summed E-state index contributed by atoms with van der Waals surface area (Å²) in [4.78, 5) is 21.8. The molecule has 0 bridgehead atoms. The van der Waals surface area contributed by atoms with E-state index in [1.807, 2.05) is 17.0 Å². The molecule has 2 heterocycles. The summed E-state index contributed by atoms with van der Waals surface area (Å²) in [5, 5.41) is 0.602. The normalized spacial score (nSPS) is 18.4. The van der Waals surface area contributed by atoms with Crippen LogP contribution in [0.1, 0.15) is 10.4 Å². The van der Waals surface area contributed by atoms with Crippen LogP contribution in [0, 0.1) is 0 Å². The minimum absolute atomic E-state index is 0.0626. The number of anilines is 2. The Balaban J connectivity index is 1.34. The molecule has 6 heteroatoms. The highest BCUT2D eigenvalue weighted by atomic mass is 35.5. The average Bonchev–Trinajstić information content (AvgIpc) is 2.74. The van der Waals surface area contributed by atoms with Gasteiger partial charge in [-0.15, -0.1) is 0 Å². The van der Waals surface area contributed by atoms with Crippen LogP contribution in [0.4, 0.5) is 11.4 Å². The van der Waals surface area contributed by atoms with E-state index < -0.39 is 0 Å². The highest BCUT2D eigenvalue weighted by Crippen LogP contribution is 2.23. The molecule has 2 saturated heterocycles. The molecule has 0 atom stereocenters. The number of carbonyl (C=O) groups is 1. The summed E-state index contributed by atoms with van der Waals surface area (Å²) < 4.78 is 0. The molecular formula is C22H27ClN4O. The number of hydrogen-bond donors (Lipinski definition) is 0. The second-order valence-electron chi connectivity index (χ2n) is 7.60. The van der Waals surface area contributed by atoms with E-state index in [1.54, 1.807) is 12.1 Å². The molecule has 0 radical (unpaired) electrons. The van der Waals surface area contributed by atoms with E-state index in [2.05, 4.69) is 46.0 Å². The largest absolute Gasteiger partial charge is 0.369 e. The van der Waals surface area contributed by atoms with Crippen molar-refractivity contribution in [1.29, 1.82) is 0 Å². The van der Waals surface area contributed by atoms with Gasteiger partial charge in [-0.2, -0.15) is 0 Å². The second-order valence-corrected chi connectivity index (χ2v) is 8.03. The smallest absolute Gasteiger partial charge is 0.254 e. The summed E-state index contributed by atoms with van der Waals surface area (Å²) >= 11 is 6.02. The first-order valence-electron chi connectivity index (χ1n) is 9.93. The number of halogens is 1. The fourth-order valence-corrected chi connectivity index (χ4v) is 4.10. The predicted molar refractivity (Wildman–Crippen MR) is 116 cm³/mol. The van der Waals surface area contributed by atoms with Crippen molar-refractivity contribution >= 4 is 28.9 Å². The second kappa shape index (κ2) is 8.41. The molecule has 0 spiro atoms. The Bertz CT molecular complexity index is 810. The van der Waals surface area contributed by atoms with Gasteiger partial charge in [0.15, 0.2) is 0 Å². The average molecular weight is 399 g/mol. The van der Waals surface area contributed by atoms with Gasteiger partial charge in [0, 0.05) is 74.3 Å². The van der Waals surface area contributed by atoms with Crippen LogP contribution >= 0.6 is 11.6 Å². The first-order valence-corrected chi connectivity index (χ1v) is 10.3. The first kappa shape index (κ1) is 19.1. The number of benzene rings is 2. The zero-order chi connectivity index (χ0) is 19.5. The van der Waals surface area contributed by atoms with Crippen LogP contribution in [0.25, 0.3) is 0 Å². The van der Waals surface area contributed by atoms with Crippen LogP contribution in [0.3, 0.4) is 0 Å². The van der Waals surface area contributed by atoms with Crippen LogP contribution in [-0.4, -0.2) is 75.1 Å². The van der Waals surface area contributed by atoms with Crippen LogP contribution in [0.15, 0.2) is 48.5 Å². The molecule has 0 aromatic heterocycles. The van der Waals surface area contributed by atoms with E-state index in [-0.39, 0.29) is 5.91 Å². The number of rotatable bonds is 3. The molecule has 2 aliphatic rings.